The standard InChI is InChI=1S/C14H31NO/c1-6-8-12(9-7-2)15-13(11-16)10-14(3,4)5/h12-13,15-16H,6-11H2,1-5H3. The fraction of sp³-hybridized carbons (Fsp3) is 1.00. The zero-order valence-electron chi connectivity index (χ0n) is 11.8. The Bertz CT molecular complexity index is 157. The van der Waals surface area contributed by atoms with Crippen molar-refractivity contribution in [2.75, 3.05) is 6.61 Å². The molecule has 1 atom stereocenters. The average Bonchev–Trinajstić information content (AvgIpc) is 2.15. The number of rotatable bonds is 8. The molecule has 0 bridgehead atoms. The highest BCUT2D eigenvalue weighted by Gasteiger charge is 2.20. The van der Waals surface area contributed by atoms with Crippen molar-refractivity contribution in [2.45, 2.75) is 78.8 Å². The second kappa shape index (κ2) is 8.08. The zero-order chi connectivity index (χ0) is 12.6. The number of hydrogen-bond acceptors (Lipinski definition) is 2. The van der Waals surface area contributed by atoms with Crippen LogP contribution in [0, 0.1) is 5.41 Å². The third-order valence-electron chi connectivity index (χ3n) is 2.82. The van der Waals surface area contributed by atoms with Crippen LogP contribution in [0.15, 0.2) is 0 Å². The van der Waals surface area contributed by atoms with Gasteiger partial charge in [0.2, 0.25) is 0 Å². The molecule has 0 rings (SSSR count). The van der Waals surface area contributed by atoms with Crippen LogP contribution in [-0.2, 0) is 0 Å². The minimum Gasteiger partial charge on any atom is -0.395 e. The van der Waals surface area contributed by atoms with Gasteiger partial charge in [-0.2, -0.15) is 0 Å². The maximum Gasteiger partial charge on any atom is 0.0584 e. The molecule has 0 saturated heterocycles. The Kier molecular flexibility index (Phi) is 8.04. The van der Waals surface area contributed by atoms with E-state index in [9.17, 15) is 5.11 Å². The van der Waals surface area contributed by atoms with Gasteiger partial charge in [0, 0.05) is 12.1 Å². The summed E-state index contributed by atoms with van der Waals surface area (Å²) in [5.41, 5.74) is 0.281. The highest BCUT2D eigenvalue weighted by Crippen LogP contribution is 2.21. The molecule has 0 fully saturated rings. The summed E-state index contributed by atoms with van der Waals surface area (Å²) in [5, 5.41) is 13.0. The molecule has 0 amide bonds. The first-order valence-electron chi connectivity index (χ1n) is 6.79. The summed E-state index contributed by atoms with van der Waals surface area (Å²) < 4.78 is 0. The Morgan fingerprint density at radius 3 is 1.81 bits per heavy atom. The maximum atomic E-state index is 9.41. The molecule has 16 heavy (non-hydrogen) atoms. The van der Waals surface area contributed by atoms with Crippen molar-refractivity contribution in [3.63, 3.8) is 0 Å². The molecule has 0 aromatic rings. The van der Waals surface area contributed by atoms with E-state index in [1.165, 1.54) is 25.7 Å². The van der Waals surface area contributed by atoms with Crippen LogP contribution >= 0.6 is 0 Å². The maximum absolute atomic E-state index is 9.41. The van der Waals surface area contributed by atoms with Crippen LogP contribution in [0.2, 0.25) is 0 Å². The molecule has 0 aromatic heterocycles. The Balaban J connectivity index is 4.14. The molecule has 2 N–H and O–H groups in total. The predicted molar refractivity (Wildman–Crippen MR) is 71.7 cm³/mol. The lowest BCUT2D eigenvalue weighted by Gasteiger charge is -2.29. The Hall–Kier alpha value is -0.0800. The van der Waals surface area contributed by atoms with Gasteiger partial charge in [-0.05, 0) is 24.7 Å². The minimum absolute atomic E-state index is 0.251. The molecule has 2 heteroatoms. The van der Waals surface area contributed by atoms with Crippen molar-refractivity contribution >= 4 is 0 Å². The first-order valence-corrected chi connectivity index (χ1v) is 6.79. The van der Waals surface area contributed by atoms with Gasteiger partial charge in [0.25, 0.3) is 0 Å². The van der Waals surface area contributed by atoms with Crippen LogP contribution in [-0.4, -0.2) is 23.8 Å². The number of hydrogen-bond donors (Lipinski definition) is 2. The molecule has 0 aliphatic carbocycles. The second-order valence-electron chi connectivity index (χ2n) is 6.09. The fourth-order valence-corrected chi connectivity index (χ4v) is 2.26. The van der Waals surface area contributed by atoms with Gasteiger partial charge in [0.1, 0.15) is 0 Å². The van der Waals surface area contributed by atoms with E-state index in [1.54, 1.807) is 0 Å². The normalized spacial score (nSPS) is 14.4. The molecule has 1 unspecified atom stereocenters. The lowest BCUT2D eigenvalue weighted by atomic mass is 9.88. The Morgan fingerprint density at radius 2 is 1.50 bits per heavy atom. The topological polar surface area (TPSA) is 32.3 Å². The first-order chi connectivity index (χ1) is 7.42. The van der Waals surface area contributed by atoms with Gasteiger partial charge < -0.3 is 10.4 Å². The second-order valence-corrected chi connectivity index (χ2v) is 6.09. The molecule has 0 aliphatic rings. The van der Waals surface area contributed by atoms with Gasteiger partial charge in [-0.15, -0.1) is 0 Å². The van der Waals surface area contributed by atoms with E-state index in [4.69, 9.17) is 0 Å². The minimum atomic E-state index is 0.251. The van der Waals surface area contributed by atoms with Crippen LogP contribution in [0.1, 0.15) is 66.7 Å². The molecule has 0 saturated carbocycles. The number of nitrogens with one attached hydrogen (secondary N) is 1. The van der Waals surface area contributed by atoms with Gasteiger partial charge in [-0.3, -0.25) is 0 Å². The SMILES string of the molecule is CCCC(CCC)NC(CO)CC(C)(C)C. The van der Waals surface area contributed by atoms with E-state index in [0.717, 1.165) is 6.42 Å². The van der Waals surface area contributed by atoms with Gasteiger partial charge in [-0.25, -0.2) is 0 Å². The molecule has 0 radical (unpaired) electrons. The van der Waals surface area contributed by atoms with Crippen molar-refractivity contribution in [3.8, 4) is 0 Å². The lowest BCUT2D eigenvalue weighted by molar-refractivity contribution is 0.184. The largest absolute Gasteiger partial charge is 0.395 e. The van der Waals surface area contributed by atoms with E-state index in [-0.39, 0.29) is 18.1 Å². The first kappa shape index (κ1) is 15.9. The lowest BCUT2D eigenvalue weighted by Crippen LogP contribution is -2.42. The molecule has 0 heterocycles. The summed E-state index contributed by atoms with van der Waals surface area (Å²) in [4.78, 5) is 0. The van der Waals surface area contributed by atoms with Crippen LogP contribution < -0.4 is 5.32 Å². The smallest absolute Gasteiger partial charge is 0.0584 e. The van der Waals surface area contributed by atoms with Crippen LogP contribution in [0.4, 0.5) is 0 Å². The summed E-state index contributed by atoms with van der Waals surface area (Å²) in [6, 6.07) is 0.831. The van der Waals surface area contributed by atoms with Gasteiger partial charge >= 0.3 is 0 Å². The van der Waals surface area contributed by atoms with Crippen molar-refractivity contribution in [1.82, 2.24) is 5.32 Å². The number of aliphatic hydroxyl groups is 1. The Labute approximate surface area is 102 Å². The summed E-state index contributed by atoms with van der Waals surface area (Å²) in [6.07, 6.45) is 5.90. The van der Waals surface area contributed by atoms with E-state index in [0.29, 0.717) is 6.04 Å². The fourth-order valence-electron chi connectivity index (χ4n) is 2.26. The van der Waals surface area contributed by atoms with Crippen molar-refractivity contribution in [1.29, 1.82) is 0 Å². The van der Waals surface area contributed by atoms with Crippen LogP contribution in [0.25, 0.3) is 0 Å². The van der Waals surface area contributed by atoms with Gasteiger partial charge in [0.15, 0.2) is 0 Å². The average molecular weight is 229 g/mol. The summed E-state index contributed by atoms with van der Waals surface area (Å²) in [6.45, 7) is 11.4. The highest BCUT2D eigenvalue weighted by atomic mass is 16.3. The van der Waals surface area contributed by atoms with Gasteiger partial charge in [-0.1, -0.05) is 47.5 Å². The van der Waals surface area contributed by atoms with Crippen LogP contribution in [0.3, 0.4) is 0 Å². The van der Waals surface area contributed by atoms with E-state index in [1.807, 2.05) is 0 Å². The molecular weight excluding hydrogens is 198 g/mol. The van der Waals surface area contributed by atoms with Crippen molar-refractivity contribution < 1.29 is 5.11 Å². The van der Waals surface area contributed by atoms with Crippen LogP contribution in [0.5, 0.6) is 0 Å². The number of aliphatic hydroxyl groups excluding tert-OH is 1. The van der Waals surface area contributed by atoms with E-state index < -0.39 is 0 Å². The highest BCUT2D eigenvalue weighted by molar-refractivity contribution is 4.78. The zero-order valence-corrected chi connectivity index (χ0v) is 11.8. The summed E-state index contributed by atoms with van der Waals surface area (Å²) in [7, 11) is 0. The molecule has 98 valence electrons. The van der Waals surface area contributed by atoms with Crippen molar-refractivity contribution in [3.05, 3.63) is 0 Å². The summed E-state index contributed by atoms with van der Waals surface area (Å²) in [5.74, 6) is 0. The molecular formula is C14H31NO. The molecule has 0 spiro atoms. The van der Waals surface area contributed by atoms with E-state index >= 15 is 0 Å². The quantitative estimate of drug-likeness (QED) is 0.669. The third-order valence-corrected chi connectivity index (χ3v) is 2.82. The third kappa shape index (κ3) is 8.12. The van der Waals surface area contributed by atoms with E-state index in [2.05, 4.69) is 39.9 Å². The molecule has 0 aromatic carbocycles. The Morgan fingerprint density at radius 1 is 1.00 bits per heavy atom. The summed E-state index contributed by atoms with van der Waals surface area (Å²) >= 11 is 0. The molecule has 0 aliphatic heterocycles. The monoisotopic (exact) mass is 229 g/mol. The predicted octanol–water partition coefficient (Wildman–Crippen LogP) is 3.34. The van der Waals surface area contributed by atoms with Gasteiger partial charge in [0.05, 0.1) is 6.61 Å². The van der Waals surface area contributed by atoms with Crippen molar-refractivity contribution in [2.24, 2.45) is 5.41 Å². The molecule has 2 nitrogen and oxygen atoms in total.